The van der Waals surface area contributed by atoms with E-state index in [9.17, 15) is 0 Å². The predicted molar refractivity (Wildman–Crippen MR) is 63.8 cm³/mol. The van der Waals surface area contributed by atoms with Crippen molar-refractivity contribution in [1.29, 1.82) is 0 Å². The lowest BCUT2D eigenvalue weighted by atomic mass is 9.98. The Morgan fingerprint density at radius 3 is 2.73 bits per heavy atom. The highest BCUT2D eigenvalue weighted by atomic mass is 32.2. The molecule has 0 radical (unpaired) electrons. The number of benzene rings is 1. The maximum absolute atomic E-state index is 8.91. The second kappa shape index (κ2) is 5.21. The Morgan fingerprint density at radius 2 is 2.00 bits per heavy atom. The zero-order valence-electron chi connectivity index (χ0n) is 8.60. The summed E-state index contributed by atoms with van der Waals surface area (Å²) in [7, 11) is 0. The van der Waals surface area contributed by atoms with Crippen LogP contribution in [0.2, 0.25) is 0 Å². The third-order valence-corrected chi connectivity index (χ3v) is 4.01. The smallest absolute Gasteiger partial charge is 0.0704 e. The van der Waals surface area contributed by atoms with Gasteiger partial charge in [0.2, 0.25) is 0 Å². The van der Waals surface area contributed by atoms with Crippen LogP contribution in [0.25, 0.3) is 0 Å². The van der Waals surface area contributed by atoms with Crippen LogP contribution >= 0.6 is 11.8 Å². The quantitative estimate of drug-likeness (QED) is 0.612. The molecule has 0 aliphatic heterocycles. The first kappa shape index (κ1) is 10.6. The normalized spacial score (nSPS) is 24.3. The predicted octanol–water partition coefficient (Wildman–Crippen LogP) is 3.55. The number of oxime groups is 1. The molecule has 1 fully saturated rings. The van der Waals surface area contributed by atoms with Gasteiger partial charge in [-0.1, -0.05) is 29.8 Å². The van der Waals surface area contributed by atoms with Gasteiger partial charge in [-0.3, -0.25) is 0 Å². The molecule has 1 aliphatic carbocycles. The molecule has 2 rings (SSSR count). The van der Waals surface area contributed by atoms with Gasteiger partial charge in [-0.05, 0) is 31.4 Å². The summed E-state index contributed by atoms with van der Waals surface area (Å²) >= 11 is 1.81. The van der Waals surface area contributed by atoms with Crippen LogP contribution in [0.3, 0.4) is 0 Å². The molecule has 0 heterocycles. The van der Waals surface area contributed by atoms with Crippen LogP contribution in [-0.4, -0.2) is 16.2 Å². The molecular formula is C12H15NOS. The van der Waals surface area contributed by atoms with Crippen molar-refractivity contribution in [1.82, 2.24) is 0 Å². The number of rotatable bonds is 2. The molecule has 1 N–H and O–H groups in total. The number of nitrogens with zero attached hydrogens (tertiary/aromatic N) is 1. The fourth-order valence-corrected chi connectivity index (χ4v) is 3.10. The second-order valence-corrected chi connectivity index (χ2v) is 5.03. The van der Waals surface area contributed by atoms with E-state index in [0.717, 1.165) is 25.0 Å². The van der Waals surface area contributed by atoms with Crippen LogP contribution in [0.5, 0.6) is 0 Å². The third kappa shape index (κ3) is 2.75. The Hall–Kier alpha value is -0.960. The molecule has 0 bridgehead atoms. The maximum Gasteiger partial charge on any atom is 0.0704 e. The van der Waals surface area contributed by atoms with Crippen molar-refractivity contribution >= 4 is 17.5 Å². The van der Waals surface area contributed by atoms with Crippen molar-refractivity contribution in [3.63, 3.8) is 0 Å². The van der Waals surface area contributed by atoms with Crippen LogP contribution in [0, 0.1) is 0 Å². The van der Waals surface area contributed by atoms with Crippen molar-refractivity contribution in [3.05, 3.63) is 30.3 Å². The summed E-state index contributed by atoms with van der Waals surface area (Å²) in [6.45, 7) is 0. The standard InChI is InChI=1S/C12H15NOS/c14-13-11-8-4-5-9-12(11)15-10-6-2-1-3-7-10/h1-3,6-7,12,14H,4-5,8-9H2/b13-11+/t12-/m1/s1. The van der Waals surface area contributed by atoms with Gasteiger partial charge in [-0.2, -0.15) is 0 Å². The molecule has 1 aromatic carbocycles. The molecule has 0 unspecified atom stereocenters. The minimum Gasteiger partial charge on any atom is -0.411 e. The Morgan fingerprint density at radius 1 is 1.20 bits per heavy atom. The zero-order chi connectivity index (χ0) is 10.5. The second-order valence-electron chi connectivity index (χ2n) is 3.76. The molecular weight excluding hydrogens is 206 g/mol. The lowest BCUT2D eigenvalue weighted by molar-refractivity contribution is 0.314. The van der Waals surface area contributed by atoms with E-state index < -0.39 is 0 Å². The van der Waals surface area contributed by atoms with E-state index in [1.165, 1.54) is 11.3 Å². The monoisotopic (exact) mass is 221 g/mol. The van der Waals surface area contributed by atoms with Gasteiger partial charge in [0, 0.05) is 4.90 Å². The van der Waals surface area contributed by atoms with Crippen LogP contribution in [0.15, 0.2) is 40.4 Å². The molecule has 1 atom stereocenters. The zero-order valence-corrected chi connectivity index (χ0v) is 9.41. The van der Waals surface area contributed by atoms with Crippen molar-refractivity contribution in [3.8, 4) is 0 Å². The lowest BCUT2D eigenvalue weighted by Crippen LogP contribution is -2.21. The number of hydrogen-bond donors (Lipinski definition) is 1. The Balaban J connectivity index is 2.04. The van der Waals surface area contributed by atoms with Crippen molar-refractivity contribution in [2.24, 2.45) is 5.16 Å². The molecule has 1 aliphatic rings. The summed E-state index contributed by atoms with van der Waals surface area (Å²) in [6.07, 6.45) is 4.47. The molecule has 15 heavy (non-hydrogen) atoms. The first-order chi connectivity index (χ1) is 7.40. The molecule has 0 amide bonds. The summed E-state index contributed by atoms with van der Waals surface area (Å²) in [5.74, 6) is 0. The van der Waals surface area contributed by atoms with Crippen LogP contribution in [0.1, 0.15) is 25.7 Å². The van der Waals surface area contributed by atoms with E-state index in [-0.39, 0.29) is 0 Å². The van der Waals surface area contributed by atoms with Gasteiger partial charge >= 0.3 is 0 Å². The average molecular weight is 221 g/mol. The fraction of sp³-hybridized carbons (Fsp3) is 0.417. The Kier molecular flexibility index (Phi) is 3.67. The molecule has 1 saturated carbocycles. The fourth-order valence-electron chi connectivity index (χ4n) is 1.87. The molecule has 0 spiro atoms. The third-order valence-electron chi connectivity index (χ3n) is 2.67. The van der Waals surface area contributed by atoms with Crippen LogP contribution in [-0.2, 0) is 0 Å². The summed E-state index contributed by atoms with van der Waals surface area (Å²) in [5.41, 5.74) is 0.954. The van der Waals surface area contributed by atoms with E-state index >= 15 is 0 Å². The minimum atomic E-state index is 0.367. The molecule has 0 saturated heterocycles. The molecule has 1 aromatic rings. The SMILES string of the molecule is O/N=C1\CCCC[C@H]1Sc1ccccc1. The van der Waals surface area contributed by atoms with E-state index in [4.69, 9.17) is 5.21 Å². The van der Waals surface area contributed by atoms with Crippen molar-refractivity contribution in [2.75, 3.05) is 0 Å². The molecule has 2 nitrogen and oxygen atoms in total. The molecule has 80 valence electrons. The van der Waals surface area contributed by atoms with E-state index in [1.54, 1.807) is 11.8 Å². The van der Waals surface area contributed by atoms with Gasteiger partial charge in [0.1, 0.15) is 0 Å². The number of hydrogen-bond acceptors (Lipinski definition) is 3. The van der Waals surface area contributed by atoms with Gasteiger partial charge < -0.3 is 5.21 Å². The summed E-state index contributed by atoms with van der Waals surface area (Å²) in [5, 5.41) is 12.7. The van der Waals surface area contributed by atoms with Crippen molar-refractivity contribution < 1.29 is 5.21 Å². The van der Waals surface area contributed by atoms with Gasteiger partial charge in [0.05, 0.1) is 11.0 Å². The summed E-state index contributed by atoms with van der Waals surface area (Å²) in [6, 6.07) is 10.3. The van der Waals surface area contributed by atoms with Crippen molar-refractivity contribution in [2.45, 2.75) is 35.8 Å². The summed E-state index contributed by atoms with van der Waals surface area (Å²) in [4.78, 5) is 1.26. The molecule has 3 heteroatoms. The van der Waals surface area contributed by atoms with Gasteiger partial charge in [0.15, 0.2) is 0 Å². The van der Waals surface area contributed by atoms with Gasteiger partial charge in [-0.15, -0.1) is 11.8 Å². The average Bonchev–Trinajstić information content (AvgIpc) is 2.31. The Bertz CT molecular complexity index is 337. The highest BCUT2D eigenvalue weighted by molar-refractivity contribution is 8.00. The highest BCUT2D eigenvalue weighted by Gasteiger charge is 2.21. The van der Waals surface area contributed by atoms with Gasteiger partial charge in [0.25, 0.3) is 0 Å². The van der Waals surface area contributed by atoms with Gasteiger partial charge in [-0.25, -0.2) is 0 Å². The van der Waals surface area contributed by atoms with E-state index in [1.807, 2.05) is 18.2 Å². The topological polar surface area (TPSA) is 32.6 Å². The van der Waals surface area contributed by atoms with Crippen LogP contribution in [0.4, 0.5) is 0 Å². The lowest BCUT2D eigenvalue weighted by Gasteiger charge is -2.22. The largest absolute Gasteiger partial charge is 0.411 e. The van der Waals surface area contributed by atoms with E-state index in [0.29, 0.717) is 5.25 Å². The first-order valence-corrected chi connectivity index (χ1v) is 6.20. The Labute approximate surface area is 94.4 Å². The first-order valence-electron chi connectivity index (χ1n) is 5.32. The highest BCUT2D eigenvalue weighted by Crippen LogP contribution is 2.31. The minimum absolute atomic E-state index is 0.367. The summed E-state index contributed by atoms with van der Waals surface area (Å²) < 4.78 is 0. The van der Waals surface area contributed by atoms with Crippen LogP contribution < -0.4 is 0 Å². The maximum atomic E-state index is 8.91. The van der Waals surface area contributed by atoms with E-state index in [2.05, 4.69) is 17.3 Å². The number of thioether (sulfide) groups is 1. The molecule has 0 aromatic heterocycles.